The van der Waals surface area contributed by atoms with Gasteiger partial charge in [-0.15, -0.1) is 0 Å². The van der Waals surface area contributed by atoms with Crippen molar-refractivity contribution in [2.24, 2.45) is 0 Å². The van der Waals surface area contributed by atoms with E-state index in [0.717, 1.165) is 32.4 Å². The molecule has 0 aromatic carbocycles. The highest BCUT2D eigenvalue weighted by molar-refractivity contribution is 5.79. The molecule has 15 heavy (non-hydrogen) atoms. The summed E-state index contributed by atoms with van der Waals surface area (Å²) in [7, 11) is 0. The normalized spacial score (nSPS) is 26.4. The molecule has 1 saturated heterocycles. The SMILES string of the molecule is CCC1(C(=O)O)CCCN1CCCC#N. The van der Waals surface area contributed by atoms with Gasteiger partial charge in [0.15, 0.2) is 0 Å². The van der Waals surface area contributed by atoms with Crippen molar-refractivity contribution >= 4 is 5.97 Å². The number of carboxylic acids is 1. The quantitative estimate of drug-likeness (QED) is 0.700. The first kappa shape index (κ1) is 12.0. The molecule has 1 rings (SSSR count). The summed E-state index contributed by atoms with van der Waals surface area (Å²) < 4.78 is 0. The summed E-state index contributed by atoms with van der Waals surface area (Å²) in [6.45, 7) is 3.51. The molecule has 0 bridgehead atoms. The molecular weight excluding hydrogens is 192 g/mol. The van der Waals surface area contributed by atoms with Crippen molar-refractivity contribution in [1.82, 2.24) is 4.90 Å². The smallest absolute Gasteiger partial charge is 0.324 e. The molecule has 1 N–H and O–H groups in total. The number of rotatable bonds is 5. The Kier molecular flexibility index (Phi) is 4.10. The summed E-state index contributed by atoms with van der Waals surface area (Å²) >= 11 is 0. The maximum atomic E-state index is 11.3. The van der Waals surface area contributed by atoms with Crippen LogP contribution in [0.25, 0.3) is 0 Å². The van der Waals surface area contributed by atoms with Crippen molar-refractivity contribution in [1.29, 1.82) is 5.26 Å². The van der Waals surface area contributed by atoms with Gasteiger partial charge in [0.25, 0.3) is 0 Å². The summed E-state index contributed by atoms with van der Waals surface area (Å²) in [5.41, 5.74) is -0.657. The van der Waals surface area contributed by atoms with E-state index in [4.69, 9.17) is 5.26 Å². The summed E-state index contributed by atoms with van der Waals surface area (Å²) in [5, 5.41) is 17.7. The topological polar surface area (TPSA) is 64.3 Å². The van der Waals surface area contributed by atoms with Gasteiger partial charge in [-0.3, -0.25) is 9.69 Å². The summed E-state index contributed by atoms with van der Waals surface area (Å²) in [6, 6.07) is 2.09. The number of carbonyl (C=O) groups is 1. The van der Waals surface area contributed by atoms with Crippen molar-refractivity contribution in [2.75, 3.05) is 13.1 Å². The van der Waals surface area contributed by atoms with E-state index in [9.17, 15) is 9.90 Å². The Hall–Kier alpha value is -1.08. The van der Waals surface area contributed by atoms with E-state index < -0.39 is 11.5 Å². The van der Waals surface area contributed by atoms with Gasteiger partial charge in [-0.05, 0) is 32.2 Å². The van der Waals surface area contributed by atoms with Crippen LogP contribution in [0.15, 0.2) is 0 Å². The zero-order chi connectivity index (χ0) is 11.3. The zero-order valence-corrected chi connectivity index (χ0v) is 9.20. The van der Waals surface area contributed by atoms with Gasteiger partial charge in [-0.1, -0.05) is 6.92 Å². The van der Waals surface area contributed by atoms with Crippen LogP contribution in [0.4, 0.5) is 0 Å². The first-order valence-corrected chi connectivity index (χ1v) is 5.53. The van der Waals surface area contributed by atoms with Crippen LogP contribution in [0.5, 0.6) is 0 Å². The van der Waals surface area contributed by atoms with Crippen LogP contribution in [0.1, 0.15) is 39.0 Å². The lowest BCUT2D eigenvalue weighted by molar-refractivity contribution is -0.150. The Morgan fingerprint density at radius 1 is 1.67 bits per heavy atom. The first-order valence-electron chi connectivity index (χ1n) is 5.53. The molecule has 84 valence electrons. The van der Waals surface area contributed by atoms with Crippen LogP contribution in [0.2, 0.25) is 0 Å². The molecule has 0 aliphatic carbocycles. The standard InChI is InChI=1S/C11H18N2O2/c1-2-11(10(14)15)6-5-9-13(11)8-4-3-7-12/h2-6,8-9H2,1H3,(H,14,15). The molecule has 0 aromatic rings. The molecule has 0 spiro atoms. The highest BCUT2D eigenvalue weighted by Crippen LogP contribution is 2.32. The second-order valence-electron chi connectivity index (χ2n) is 4.04. The van der Waals surface area contributed by atoms with E-state index in [1.165, 1.54) is 0 Å². The third kappa shape index (κ3) is 2.29. The highest BCUT2D eigenvalue weighted by Gasteiger charge is 2.45. The van der Waals surface area contributed by atoms with Gasteiger partial charge in [0.1, 0.15) is 5.54 Å². The van der Waals surface area contributed by atoms with Crippen LogP contribution in [-0.2, 0) is 4.79 Å². The summed E-state index contributed by atoms with van der Waals surface area (Å²) in [5.74, 6) is -0.709. The molecular formula is C11H18N2O2. The number of unbranched alkanes of at least 4 members (excludes halogenated alkanes) is 1. The van der Waals surface area contributed by atoms with Crippen molar-refractivity contribution < 1.29 is 9.90 Å². The minimum Gasteiger partial charge on any atom is -0.480 e. The third-order valence-electron chi connectivity index (χ3n) is 3.32. The fourth-order valence-corrected chi connectivity index (χ4v) is 2.40. The third-order valence-corrected chi connectivity index (χ3v) is 3.32. The molecule has 0 saturated carbocycles. The molecule has 0 amide bonds. The molecule has 1 aliphatic heterocycles. The van der Waals surface area contributed by atoms with E-state index >= 15 is 0 Å². The van der Waals surface area contributed by atoms with Gasteiger partial charge < -0.3 is 5.11 Å². The number of aliphatic carboxylic acids is 1. The van der Waals surface area contributed by atoms with Crippen molar-refractivity contribution in [3.05, 3.63) is 0 Å². The first-order chi connectivity index (χ1) is 7.17. The van der Waals surface area contributed by atoms with E-state index in [1.807, 2.05) is 11.8 Å². The maximum Gasteiger partial charge on any atom is 0.324 e. The van der Waals surface area contributed by atoms with E-state index in [-0.39, 0.29) is 0 Å². The average molecular weight is 210 g/mol. The molecule has 0 aromatic heterocycles. The monoisotopic (exact) mass is 210 g/mol. The van der Waals surface area contributed by atoms with Crippen LogP contribution in [0, 0.1) is 11.3 Å². The number of carboxylic acid groups (broad SMARTS) is 1. The number of hydrogen-bond donors (Lipinski definition) is 1. The minimum atomic E-state index is -0.709. The maximum absolute atomic E-state index is 11.3. The molecule has 0 radical (unpaired) electrons. The Labute approximate surface area is 90.5 Å². The van der Waals surface area contributed by atoms with Crippen molar-refractivity contribution in [3.63, 3.8) is 0 Å². The minimum absolute atomic E-state index is 0.510. The fraction of sp³-hybridized carbons (Fsp3) is 0.818. The van der Waals surface area contributed by atoms with E-state index in [0.29, 0.717) is 12.8 Å². The van der Waals surface area contributed by atoms with Crippen LogP contribution < -0.4 is 0 Å². The van der Waals surface area contributed by atoms with Crippen LogP contribution in [-0.4, -0.2) is 34.6 Å². The lowest BCUT2D eigenvalue weighted by atomic mass is 9.93. The molecule has 1 fully saturated rings. The fourth-order valence-electron chi connectivity index (χ4n) is 2.40. The van der Waals surface area contributed by atoms with Gasteiger partial charge >= 0.3 is 5.97 Å². The van der Waals surface area contributed by atoms with Gasteiger partial charge in [0.05, 0.1) is 6.07 Å². The van der Waals surface area contributed by atoms with E-state index in [2.05, 4.69) is 6.07 Å². The Morgan fingerprint density at radius 2 is 2.40 bits per heavy atom. The second-order valence-corrected chi connectivity index (χ2v) is 4.04. The lowest BCUT2D eigenvalue weighted by Crippen LogP contribution is -2.50. The van der Waals surface area contributed by atoms with Gasteiger partial charge in [-0.25, -0.2) is 0 Å². The molecule has 1 atom stereocenters. The Bertz CT molecular complexity index is 272. The van der Waals surface area contributed by atoms with Gasteiger partial charge in [-0.2, -0.15) is 5.26 Å². The molecule has 1 heterocycles. The molecule has 1 aliphatic rings. The number of nitrogens with zero attached hydrogens (tertiary/aromatic N) is 2. The van der Waals surface area contributed by atoms with Gasteiger partial charge in [0.2, 0.25) is 0 Å². The summed E-state index contributed by atoms with van der Waals surface area (Å²) in [6.07, 6.45) is 3.62. The second kappa shape index (κ2) is 5.13. The van der Waals surface area contributed by atoms with Crippen LogP contribution >= 0.6 is 0 Å². The highest BCUT2D eigenvalue weighted by atomic mass is 16.4. The predicted molar refractivity (Wildman–Crippen MR) is 56.3 cm³/mol. The molecule has 4 heteroatoms. The predicted octanol–water partition coefficient (Wildman–Crippen LogP) is 1.62. The Morgan fingerprint density at radius 3 is 2.93 bits per heavy atom. The Balaban J connectivity index is 2.62. The average Bonchev–Trinajstić information content (AvgIpc) is 2.62. The number of hydrogen-bond acceptors (Lipinski definition) is 3. The number of nitriles is 1. The lowest BCUT2D eigenvalue weighted by Gasteiger charge is -2.33. The molecule has 1 unspecified atom stereocenters. The van der Waals surface area contributed by atoms with Crippen molar-refractivity contribution in [2.45, 2.75) is 44.6 Å². The van der Waals surface area contributed by atoms with E-state index in [1.54, 1.807) is 0 Å². The largest absolute Gasteiger partial charge is 0.480 e. The van der Waals surface area contributed by atoms with Crippen molar-refractivity contribution in [3.8, 4) is 6.07 Å². The summed E-state index contributed by atoms with van der Waals surface area (Å²) in [4.78, 5) is 13.3. The van der Waals surface area contributed by atoms with Crippen LogP contribution in [0.3, 0.4) is 0 Å². The number of likely N-dealkylation sites (tertiary alicyclic amines) is 1. The zero-order valence-electron chi connectivity index (χ0n) is 9.20. The molecule has 4 nitrogen and oxygen atoms in total. The van der Waals surface area contributed by atoms with Gasteiger partial charge in [0, 0.05) is 13.0 Å².